The van der Waals surface area contributed by atoms with Crippen LogP contribution in [0.2, 0.25) is 0 Å². The molecular weight excluding hydrogens is 366 g/mol. The van der Waals surface area contributed by atoms with Crippen molar-refractivity contribution in [2.75, 3.05) is 23.8 Å². The van der Waals surface area contributed by atoms with Crippen molar-refractivity contribution in [3.05, 3.63) is 35.0 Å². The van der Waals surface area contributed by atoms with Gasteiger partial charge in [0.25, 0.3) is 0 Å². The molecular formula is C21H29N7O. The summed E-state index contributed by atoms with van der Waals surface area (Å²) in [6.07, 6.45) is 6.18. The topological polar surface area (TPSA) is 129 Å². The van der Waals surface area contributed by atoms with E-state index in [0.717, 1.165) is 28.8 Å². The Labute approximate surface area is 170 Å². The van der Waals surface area contributed by atoms with Crippen LogP contribution in [-0.2, 0) is 11.8 Å². The van der Waals surface area contributed by atoms with Crippen molar-refractivity contribution >= 4 is 34.8 Å². The lowest BCUT2D eigenvalue weighted by atomic mass is 9.88. The van der Waals surface area contributed by atoms with E-state index >= 15 is 0 Å². The second kappa shape index (κ2) is 7.69. The smallest absolute Gasteiger partial charge is 0.224 e. The van der Waals surface area contributed by atoms with E-state index in [0.29, 0.717) is 29.1 Å². The van der Waals surface area contributed by atoms with Gasteiger partial charge in [0.15, 0.2) is 11.4 Å². The number of hydrogen-bond donors (Lipinski definition) is 3. The summed E-state index contributed by atoms with van der Waals surface area (Å²) in [7, 11) is 1.79. The quantitative estimate of drug-likeness (QED) is 0.597. The molecule has 8 nitrogen and oxygen atoms in total. The summed E-state index contributed by atoms with van der Waals surface area (Å²) in [6.45, 7) is 10.7. The molecule has 1 aliphatic carbocycles. The molecule has 3 aromatic heterocycles. The number of nitrogens with zero attached hydrogens (tertiary/aromatic N) is 4. The summed E-state index contributed by atoms with van der Waals surface area (Å²) in [5.41, 5.74) is 17.4. The second-order valence-corrected chi connectivity index (χ2v) is 8.43. The van der Waals surface area contributed by atoms with E-state index in [4.69, 9.17) is 15.9 Å². The van der Waals surface area contributed by atoms with Crippen LogP contribution in [0.25, 0.3) is 17.2 Å². The van der Waals surface area contributed by atoms with E-state index in [1.54, 1.807) is 13.3 Å². The lowest BCUT2D eigenvalue weighted by Gasteiger charge is -2.15. The third-order valence-electron chi connectivity index (χ3n) is 4.93. The van der Waals surface area contributed by atoms with Gasteiger partial charge in [-0.2, -0.15) is 4.98 Å². The fraction of sp³-hybridized carbons (Fsp3) is 0.429. The van der Waals surface area contributed by atoms with E-state index in [2.05, 4.69) is 65.9 Å². The van der Waals surface area contributed by atoms with Crippen LogP contribution in [0.15, 0.2) is 22.6 Å². The van der Waals surface area contributed by atoms with Gasteiger partial charge in [-0.15, -0.1) is 0 Å². The van der Waals surface area contributed by atoms with Crippen molar-refractivity contribution in [1.82, 2.24) is 19.9 Å². The van der Waals surface area contributed by atoms with Crippen molar-refractivity contribution in [3.63, 3.8) is 0 Å². The van der Waals surface area contributed by atoms with E-state index in [9.17, 15) is 0 Å². The van der Waals surface area contributed by atoms with Crippen molar-refractivity contribution in [3.8, 4) is 0 Å². The van der Waals surface area contributed by atoms with E-state index in [-0.39, 0.29) is 5.41 Å². The lowest BCUT2D eigenvalue weighted by molar-refractivity contribution is 0.557. The Hall–Kier alpha value is -3.16. The molecule has 5 N–H and O–H groups in total. The van der Waals surface area contributed by atoms with E-state index in [1.165, 1.54) is 11.9 Å². The Morgan fingerprint density at radius 1 is 1.10 bits per heavy atom. The predicted octanol–water partition coefficient (Wildman–Crippen LogP) is 3.80. The van der Waals surface area contributed by atoms with E-state index < -0.39 is 0 Å². The number of furan rings is 1. The minimum atomic E-state index is 0.00600. The third kappa shape index (κ3) is 4.16. The maximum Gasteiger partial charge on any atom is 0.224 e. The highest BCUT2D eigenvalue weighted by Gasteiger charge is 2.22. The zero-order valence-electron chi connectivity index (χ0n) is 17.9. The standard InChI is InChI=1S/C11H16N4.C10H13N3O/c1-6(2)7-4-8-9(5-7)14-11(13-3)15-10(8)12;1-10(2,3)6-4-14-8-7(6)12-5-13-9(8)11/h5-6H,4H2,1-3H3,(H3,12,13,14,15);4-5H,1-3H3,(H2,11,12,13). The highest BCUT2D eigenvalue weighted by molar-refractivity contribution is 5.85. The molecule has 0 aliphatic heterocycles. The monoisotopic (exact) mass is 395 g/mol. The summed E-state index contributed by atoms with van der Waals surface area (Å²) in [6, 6.07) is 0. The molecule has 0 spiro atoms. The van der Waals surface area contributed by atoms with Crippen LogP contribution in [0.5, 0.6) is 0 Å². The summed E-state index contributed by atoms with van der Waals surface area (Å²) in [5, 5.41) is 2.91. The fourth-order valence-electron chi connectivity index (χ4n) is 3.13. The van der Waals surface area contributed by atoms with Gasteiger partial charge in [0.2, 0.25) is 5.95 Å². The Morgan fingerprint density at radius 2 is 1.83 bits per heavy atom. The molecule has 0 atom stereocenters. The molecule has 0 amide bonds. The minimum Gasteiger partial charge on any atom is -0.458 e. The SMILES string of the molecule is CC(C)(C)c1coc2c(N)ncnc12.CNc1nc(N)c2c(n1)C=C(C(C)C)C2. The molecule has 8 heteroatoms. The lowest BCUT2D eigenvalue weighted by Crippen LogP contribution is -2.10. The van der Waals surface area contributed by atoms with Crippen LogP contribution in [-0.4, -0.2) is 27.0 Å². The molecule has 3 heterocycles. The number of allylic oxidation sites excluding steroid dienone is 1. The summed E-state index contributed by atoms with van der Waals surface area (Å²) in [4.78, 5) is 16.6. The number of nitrogens with two attached hydrogens (primary N) is 2. The number of nitrogen functional groups attached to an aromatic ring is 2. The predicted molar refractivity (Wildman–Crippen MR) is 117 cm³/mol. The summed E-state index contributed by atoms with van der Waals surface area (Å²) in [5.74, 6) is 2.12. The zero-order chi connectivity index (χ0) is 21.3. The molecule has 0 fully saturated rings. The van der Waals surface area contributed by atoms with Gasteiger partial charge in [0, 0.05) is 18.2 Å². The van der Waals surface area contributed by atoms with Crippen molar-refractivity contribution < 1.29 is 4.42 Å². The molecule has 3 aromatic rings. The first kappa shape index (κ1) is 20.6. The molecule has 0 saturated carbocycles. The average molecular weight is 396 g/mol. The third-order valence-corrected chi connectivity index (χ3v) is 4.93. The molecule has 0 aromatic carbocycles. The second-order valence-electron chi connectivity index (χ2n) is 8.43. The van der Waals surface area contributed by atoms with Gasteiger partial charge in [0.1, 0.15) is 17.7 Å². The van der Waals surface area contributed by atoms with Crippen LogP contribution in [0.3, 0.4) is 0 Å². The molecule has 154 valence electrons. The highest BCUT2D eigenvalue weighted by atomic mass is 16.3. The zero-order valence-corrected chi connectivity index (χ0v) is 17.9. The van der Waals surface area contributed by atoms with Crippen LogP contribution in [0.1, 0.15) is 51.4 Å². The molecule has 0 unspecified atom stereocenters. The number of nitrogens with one attached hydrogen (secondary N) is 1. The normalized spacial score (nSPS) is 13.1. The number of anilines is 3. The Morgan fingerprint density at radius 3 is 2.45 bits per heavy atom. The summed E-state index contributed by atoms with van der Waals surface area (Å²) >= 11 is 0. The first-order chi connectivity index (χ1) is 13.6. The molecule has 29 heavy (non-hydrogen) atoms. The van der Waals surface area contributed by atoms with Gasteiger partial charge in [-0.25, -0.2) is 15.0 Å². The van der Waals surface area contributed by atoms with Crippen LogP contribution < -0.4 is 16.8 Å². The van der Waals surface area contributed by atoms with Gasteiger partial charge in [-0.1, -0.05) is 40.2 Å². The Bertz CT molecular complexity index is 1060. The van der Waals surface area contributed by atoms with Crippen LogP contribution in [0, 0.1) is 5.92 Å². The first-order valence-corrected chi connectivity index (χ1v) is 9.64. The van der Waals surface area contributed by atoms with Gasteiger partial charge in [-0.05, 0) is 23.8 Å². The minimum absolute atomic E-state index is 0.00600. The Balaban J connectivity index is 0.000000166. The van der Waals surface area contributed by atoms with Gasteiger partial charge >= 0.3 is 0 Å². The number of aromatic nitrogens is 4. The molecule has 0 bridgehead atoms. The number of fused-ring (bicyclic) bond motifs is 2. The maximum absolute atomic E-state index is 5.89. The van der Waals surface area contributed by atoms with Crippen molar-refractivity contribution in [1.29, 1.82) is 0 Å². The number of rotatable bonds is 2. The van der Waals surface area contributed by atoms with Gasteiger partial charge < -0.3 is 21.2 Å². The first-order valence-electron chi connectivity index (χ1n) is 9.64. The Kier molecular flexibility index (Phi) is 5.46. The molecule has 0 radical (unpaired) electrons. The summed E-state index contributed by atoms with van der Waals surface area (Å²) < 4.78 is 5.36. The molecule has 4 rings (SSSR count). The highest BCUT2D eigenvalue weighted by Crippen LogP contribution is 2.32. The average Bonchev–Trinajstić information content (AvgIpc) is 3.27. The van der Waals surface area contributed by atoms with Crippen molar-refractivity contribution in [2.24, 2.45) is 5.92 Å². The van der Waals surface area contributed by atoms with Crippen LogP contribution in [0.4, 0.5) is 17.6 Å². The van der Waals surface area contributed by atoms with Crippen LogP contribution >= 0.6 is 0 Å². The molecule has 1 aliphatic rings. The fourth-order valence-corrected chi connectivity index (χ4v) is 3.13. The van der Waals surface area contributed by atoms with Gasteiger partial charge in [-0.3, -0.25) is 0 Å². The van der Waals surface area contributed by atoms with Gasteiger partial charge in [0.05, 0.1) is 12.0 Å². The van der Waals surface area contributed by atoms with Crippen molar-refractivity contribution in [2.45, 2.75) is 46.5 Å². The van der Waals surface area contributed by atoms with E-state index in [1.807, 2.05) is 0 Å². The number of hydrogen-bond acceptors (Lipinski definition) is 8. The molecule has 0 saturated heterocycles. The maximum atomic E-state index is 5.89. The largest absolute Gasteiger partial charge is 0.458 e.